The fraction of sp³-hybridized carbons (Fsp3) is 0.533. The van der Waals surface area contributed by atoms with Crippen LogP contribution in [0.3, 0.4) is 0 Å². The maximum Gasteiger partial charge on any atom is 0.189 e. The molecule has 2 rings (SSSR count). The van der Waals surface area contributed by atoms with E-state index in [1.165, 1.54) is 32.1 Å². The Balaban J connectivity index is 0.00000200. The predicted octanol–water partition coefficient (Wildman–Crippen LogP) is 2.49. The molecule has 0 heterocycles. The molecule has 4 nitrogen and oxygen atoms in total. The first-order chi connectivity index (χ1) is 9.29. The zero-order chi connectivity index (χ0) is 13.5. The largest absolute Gasteiger partial charge is 0.392 e. The van der Waals surface area contributed by atoms with Gasteiger partial charge in [-0.25, -0.2) is 4.99 Å². The molecule has 0 amide bonds. The highest BCUT2D eigenvalue weighted by molar-refractivity contribution is 8.93. The first-order valence-electron chi connectivity index (χ1n) is 7.03. The van der Waals surface area contributed by atoms with Crippen LogP contribution in [0.15, 0.2) is 29.3 Å². The molecule has 0 aliphatic heterocycles. The van der Waals surface area contributed by atoms with Crippen molar-refractivity contribution >= 4 is 22.9 Å². The molecule has 1 aliphatic rings. The molecule has 0 aromatic heterocycles. The second kappa shape index (κ2) is 8.97. The summed E-state index contributed by atoms with van der Waals surface area (Å²) < 4.78 is 0. The van der Waals surface area contributed by atoms with Crippen LogP contribution in [0.2, 0.25) is 0 Å². The first-order valence-corrected chi connectivity index (χ1v) is 7.03. The maximum absolute atomic E-state index is 9.25. The van der Waals surface area contributed by atoms with Gasteiger partial charge < -0.3 is 16.2 Å². The lowest BCUT2D eigenvalue weighted by molar-refractivity contribution is 0.280. The number of nitrogens with zero attached hydrogens (tertiary/aromatic N) is 1. The van der Waals surface area contributed by atoms with Gasteiger partial charge in [-0.05, 0) is 24.0 Å². The number of rotatable bonds is 4. The Labute approximate surface area is 131 Å². The SMILES string of the molecule is Br.NC(=NCc1ccccc1CO)NC1CCCCC1. The topological polar surface area (TPSA) is 70.6 Å². The second-order valence-electron chi connectivity index (χ2n) is 5.11. The van der Waals surface area contributed by atoms with Crippen molar-refractivity contribution < 1.29 is 5.11 Å². The number of aliphatic hydroxyl groups excluding tert-OH is 1. The molecule has 1 fully saturated rings. The van der Waals surface area contributed by atoms with Gasteiger partial charge in [0.05, 0.1) is 13.2 Å². The number of nitrogens with one attached hydrogen (secondary N) is 1. The van der Waals surface area contributed by atoms with E-state index < -0.39 is 0 Å². The summed E-state index contributed by atoms with van der Waals surface area (Å²) in [4.78, 5) is 4.37. The lowest BCUT2D eigenvalue weighted by atomic mass is 9.96. The molecule has 0 saturated heterocycles. The van der Waals surface area contributed by atoms with Crippen LogP contribution in [-0.2, 0) is 13.2 Å². The smallest absolute Gasteiger partial charge is 0.189 e. The number of guanidine groups is 1. The molecule has 1 aromatic carbocycles. The lowest BCUT2D eigenvalue weighted by Gasteiger charge is -2.23. The van der Waals surface area contributed by atoms with E-state index in [-0.39, 0.29) is 23.6 Å². The summed E-state index contributed by atoms with van der Waals surface area (Å²) >= 11 is 0. The van der Waals surface area contributed by atoms with Gasteiger partial charge in [-0.15, -0.1) is 17.0 Å². The summed E-state index contributed by atoms with van der Waals surface area (Å²) in [6.07, 6.45) is 6.25. The average Bonchev–Trinajstić information content (AvgIpc) is 2.46. The standard InChI is InChI=1S/C15H23N3O.BrH/c16-15(18-14-8-2-1-3-9-14)17-10-12-6-4-5-7-13(12)11-19;/h4-7,14,19H,1-3,8-11H2,(H3,16,17,18);1H. The Hall–Kier alpha value is -1.07. The van der Waals surface area contributed by atoms with Crippen molar-refractivity contribution in [2.24, 2.45) is 10.7 Å². The summed E-state index contributed by atoms with van der Waals surface area (Å²) in [5, 5.41) is 12.5. The molecule has 112 valence electrons. The highest BCUT2D eigenvalue weighted by atomic mass is 79.9. The minimum atomic E-state index is 0. The van der Waals surface area contributed by atoms with Crippen LogP contribution >= 0.6 is 17.0 Å². The number of nitrogens with two attached hydrogens (primary N) is 1. The number of halogens is 1. The Kier molecular flexibility index (Phi) is 7.62. The molecule has 1 aliphatic carbocycles. The van der Waals surface area contributed by atoms with E-state index in [1.807, 2.05) is 24.3 Å². The Bertz CT molecular complexity index is 431. The number of aliphatic hydroxyl groups is 1. The summed E-state index contributed by atoms with van der Waals surface area (Å²) in [6, 6.07) is 8.24. The van der Waals surface area contributed by atoms with E-state index in [4.69, 9.17) is 5.73 Å². The van der Waals surface area contributed by atoms with Crippen LogP contribution in [-0.4, -0.2) is 17.1 Å². The number of aliphatic imine (C=N–C) groups is 1. The van der Waals surface area contributed by atoms with E-state index in [0.29, 0.717) is 18.5 Å². The van der Waals surface area contributed by atoms with Crippen molar-refractivity contribution in [3.05, 3.63) is 35.4 Å². The van der Waals surface area contributed by atoms with Crippen LogP contribution in [0.1, 0.15) is 43.2 Å². The third-order valence-electron chi connectivity index (χ3n) is 3.67. The van der Waals surface area contributed by atoms with Crippen molar-refractivity contribution in [2.45, 2.75) is 51.3 Å². The monoisotopic (exact) mass is 341 g/mol. The van der Waals surface area contributed by atoms with Crippen molar-refractivity contribution in [2.75, 3.05) is 0 Å². The second-order valence-corrected chi connectivity index (χ2v) is 5.11. The van der Waals surface area contributed by atoms with Gasteiger partial charge in [0.2, 0.25) is 0 Å². The zero-order valence-electron chi connectivity index (χ0n) is 11.7. The molecular weight excluding hydrogens is 318 g/mol. The Morgan fingerprint density at radius 1 is 1.20 bits per heavy atom. The fourth-order valence-corrected chi connectivity index (χ4v) is 2.54. The van der Waals surface area contributed by atoms with Crippen LogP contribution in [0.5, 0.6) is 0 Å². The van der Waals surface area contributed by atoms with Crippen molar-refractivity contribution in [1.29, 1.82) is 0 Å². The van der Waals surface area contributed by atoms with Crippen LogP contribution in [0.25, 0.3) is 0 Å². The molecule has 0 radical (unpaired) electrons. The molecule has 0 spiro atoms. The van der Waals surface area contributed by atoms with E-state index in [0.717, 1.165) is 11.1 Å². The third kappa shape index (κ3) is 5.13. The number of hydrogen-bond acceptors (Lipinski definition) is 2. The van der Waals surface area contributed by atoms with E-state index >= 15 is 0 Å². The zero-order valence-corrected chi connectivity index (χ0v) is 13.4. The summed E-state index contributed by atoms with van der Waals surface area (Å²) in [5.41, 5.74) is 7.86. The van der Waals surface area contributed by atoms with Crippen LogP contribution < -0.4 is 11.1 Å². The molecule has 4 N–H and O–H groups in total. The summed E-state index contributed by atoms with van der Waals surface area (Å²) in [7, 11) is 0. The van der Waals surface area contributed by atoms with Crippen molar-refractivity contribution in [3.8, 4) is 0 Å². The fourth-order valence-electron chi connectivity index (χ4n) is 2.54. The minimum absolute atomic E-state index is 0. The molecule has 1 aromatic rings. The van der Waals surface area contributed by atoms with Gasteiger partial charge >= 0.3 is 0 Å². The van der Waals surface area contributed by atoms with Gasteiger partial charge in [0, 0.05) is 6.04 Å². The average molecular weight is 342 g/mol. The van der Waals surface area contributed by atoms with Gasteiger partial charge in [-0.2, -0.15) is 0 Å². The van der Waals surface area contributed by atoms with E-state index in [9.17, 15) is 5.11 Å². The number of hydrogen-bond donors (Lipinski definition) is 3. The van der Waals surface area contributed by atoms with Crippen LogP contribution in [0.4, 0.5) is 0 Å². The van der Waals surface area contributed by atoms with Gasteiger partial charge in [-0.1, -0.05) is 43.5 Å². The maximum atomic E-state index is 9.25. The summed E-state index contributed by atoms with van der Waals surface area (Å²) in [6.45, 7) is 0.559. The van der Waals surface area contributed by atoms with Crippen molar-refractivity contribution in [1.82, 2.24) is 5.32 Å². The van der Waals surface area contributed by atoms with Crippen molar-refractivity contribution in [3.63, 3.8) is 0 Å². The first kappa shape index (κ1) is 17.0. The predicted molar refractivity (Wildman–Crippen MR) is 88.0 cm³/mol. The molecule has 0 atom stereocenters. The molecule has 0 unspecified atom stereocenters. The summed E-state index contributed by atoms with van der Waals surface area (Å²) in [5.74, 6) is 0.514. The Morgan fingerprint density at radius 2 is 1.85 bits per heavy atom. The molecule has 1 saturated carbocycles. The van der Waals surface area contributed by atoms with E-state index in [1.54, 1.807) is 0 Å². The van der Waals surface area contributed by atoms with Gasteiger partial charge in [0.1, 0.15) is 0 Å². The van der Waals surface area contributed by atoms with Gasteiger partial charge in [-0.3, -0.25) is 0 Å². The lowest BCUT2D eigenvalue weighted by Crippen LogP contribution is -2.41. The minimum Gasteiger partial charge on any atom is -0.392 e. The highest BCUT2D eigenvalue weighted by Gasteiger charge is 2.13. The quantitative estimate of drug-likeness (QED) is 0.582. The highest BCUT2D eigenvalue weighted by Crippen LogP contribution is 2.17. The molecule has 5 heteroatoms. The van der Waals surface area contributed by atoms with Gasteiger partial charge in [0.15, 0.2) is 5.96 Å². The normalized spacial score (nSPS) is 16.6. The molecule has 0 bridgehead atoms. The third-order valence-corrected chi connectivity index (χ3v) is 3.67. The number of benzene rings is 1. The van der Waals surface area contributed by atoms with E-state index in [2.05, 4.69) is 10.3 Å². The van der Waals surface area contributed by atoms with Gasteiger partial charge in [0.25, 0.3) is 0 Å². The molecular formula is C15H24BrN3O. The Morgan fingerprint density at radius 3 is 2.50 bits per heavy atom. The van der Waals surface area contributed by atoms with Crippen LogP contribution in [0, 0.1) is 0 Å². The molecule has 20 heavy (non-hydrogen) atoms.